The fourth-order valence-electron chi connectivity index (χ4n) is 1.11. The minimum absolute atomic E-state index is 0.0797. The van der Waals surface area contributed by atoms with Gasteiger partial charge in [0.15, 0.2) is 0 Å². The molecule has 0 aromatic rings. The molecule has 0 atom stereocenters. The highest BCUT2D eigenvalue weighted by molar-refractivity contribution is 5.75. The molecule has 4 heteroatoms. The molecule has 0 unspecified atom stereocenters. The Labute approximate surface area is 85.4 Å². The quantitative estimate of drug-likeness (QED) is 0.548. The highest BCUT2D eigenvalue weighted by atomic mass is 16.5. The lowest BCUT2D eigenvalue weighted by molar-refractivity contribution is -0.122. The Bertz CT molecular complexity index is 170. The van der Waals surface area contributed by atoms with E-state index < -0.39 is 0 Å². The Balaban J connectivity index is 1.81. The van der Waals surface area contributed by atoms with Gasteiger partial charge in [0.05, 0.1) is 6.61 Å². The molecule has 0 bridgehead atoms. The van der Waals surface area contributed by atoms with E-state index in [1.807, 2.05) is 7.05 Å². The average Bonchev–Trinajstić information content (AvgIpc) is 2.97. The molecule has 0 aromatic heterocycles. The summed E-state index contributed by atoms with van der Waals surface area (Å²) in [5, 5.41) is 5.77. The van der Waals surface area contributed by atoms with Gasteiger partial charge in [-0.25, -0.2) is 0 Å². The van der Waals surface area contributed by atoms with Gasteiger partial charge in [-0.1, -0.05) is 0 Å². The van der Waals surface area contributed by atoms with Crippen molar-refractivity contribution in [3.05, 3.63) is 0 Å². The molecule has 1 rings (SSSR count). The van der Waals surface area contributed by atoms with Crippen LogP contribution in [0.3, 0.4) is 0 Å². The molecule has 2 N–H and O–H groups in total. The highest BCUT2D eigenvalue weighted by Gasteiger charge is 2.20. The number of carbonyl (C=O) groups is 1. The Hall–Kier alpha value is -0.610. The largest absolute Gasteiger partial charge is 0.381 e. The number of likely N-dealkylation sites (N-methyl/N-ethyl adjacent to an activating group) is 1. The maximum atomic E-state index is 11.2. The lowest BCUT2D eigenvalue weighted by Crippen LogP contribution is -2.30. The highest BCUT2D eigenvalue weighted by Crippen LogP contribution is 2.28. The van der Waals surface area contributed by atoms with Crippen molar-refractivity contribution < 1.29 is 9.53 Å². The first-order valence-electron chi connectivity index (χ1n) is 5.32. The summed E-state index contributed by atoms with van der Waals surface area (Å²) >= 11 is 0. The van der Waals surface area contributed by atoms with Crippen LogP contribution in [-0.4, -0.2) is 39.3 Å². The van der Waals surface area contributed by atoms with Crippen molar-refractivity contribution >= 4 is 5.91 Å². The fourth-order valence-corrected chi connectivity index (χ4v) is 1.11. The summed E-state index contributed by atoms with van der Waals surface area (Å²) < 4.78 is 5.36. The summed E-state index contributed by atoms with van der Waals surface area (Å²) in [5.41, 5.74) is 0. The summed E-state index contributed by atoms with van der Waals surface area (Å²) in [6.45, 7) is 2.90. The zero-order chi connectivity index (χ0) is 10.2. The molecule has 82 valence electrons. The van der Waals surface area contributed by atoms with E-state index in [1.165, 1.54) is 12.8 Å². The molecular formula is C10H20N2O2. The molecule has 4 nitrogen and oxygen atoms in total. The lowest BCUT2D eigenvalue weighted by atomic mass is 10.4. The molecule has 14 heavy (non-hydrogen) atoms. The lowest BCUT2D eigenvalue weighted by Gasteiger charge is -2.05. The summed E-state index contributed by atoms with van der Waals surface area (Å²) in [6, 6.07) is 0. The molecule has 1 aliphatic carbocycles. The Morgan fingerprint density at radius 3 is 2.86 bits per heavy atom. The number of hydrogen-bond acceptors (Lipinski definition) is 3. The number of ether oxygens (including phenoxy) is 1. The summed E-state index contributed by atoms with van der Waals surface area (Å²) in [5.74, 6) is 0.860. The molecule has 0 heterocycles. The van der Waals surface area contributed by atoms with Gasteiger partial charge in [-0.3, -0.25) is 4.79 Å². The number of carbonyl (C=O) groups excluding carboxylic acids is 1. The van der Waals surface area contributed by atoms with Crippen LogP contribution in [0.1, 0.15) is 19.3 Å². The van der Waals surface area contributed by atoms with E-state index in [1.54, 1.807) is 0 Å². The van der Waals surface area contributed by atoms with Gasteiger partial charge in [-0.05, 0) is 25.8 Å². The average molecular weight is 200 g/mol. The van der Waals surface area contributed by atoms with E-state index in [0.717, 1.165) is 19.1 Å². The van der Waals surface area contributed by atoms with Crippen molar-refractivity contribution in [2.75, 3.05) is 33.4 Å². The Morgan fingerprint density at radius 1 is 1.43 bits per heavy atom. The van der Waals surface area contributed by atoms with Gasteiger partial charge in [-0.15, -0.1) is 0 Å². The second-order valence-corrected chi connectivity index (χ2v) is 3.72. The molecule has 0 radical (unpaired) electrons. The van der Waals surface area contributed by atoms with Crippen LogP contribution in [0.5, 0.6) is 0 Å². The van der Waals surface area contributed by atoms with Crippen LogP contribution in [0.25, 0.3) is 0 Å². The van der Waals surface area contributed by atoms with Gasteiger partial charge in [-0.2, -0.15) is 0 Å². The van der Waals surface area contributed by atoms with Crippen LogP contribution in [-0.2, 0) is 9.53 Å². The summed E-state index contributed by atoms with van der Waals surface area (Å²) in [4.78, 5) is 11.2. The third-order valence-electron chi connectivity index (χ3n) is 2.22. The van der Waals surface area contributed by atoms with Gasteiger partial charge < -0.3 is 15.4 Å². The van der Waals surface area contributed by atoms with Crippen molar-refractivity contribution in [2.45, 2.75) is 19.3 Å². The molecule has 0 spiro atoms. The monoisotopic (exact) mass is 200 g/mol. The summed E-state index contributed by atoms with van der Waals surface area (Å²) in [7, 11) is 1.87. The van der Waals surface area contributed by atoms with Gasteiger partial charge in [0.1, 0.15) is 0 Å². The number of hydrogen-bond donors (Lipinski definition) is 2. The standard InChI is InChI=1S/C10H20N2O2/c1-11-5-6-12-10(13)4-7-14-8-9-2-3-9/h9,11H,2-8H2,1H3,(H,12,13). The van der Waals surface area contributed by atoms with Crippen LogP contribution in [0.2, 0.25) is 0 Å². The molecular weight excluding hydrogens is 180 g/mol. The van der Waals surface area contributed by atoms with E-state index in [4.69, 9.17) is 4.74 Å². The van der Waals surface area contributed by atoms with Crippen molar-refractivity contribution in [1.82, 2.24) is 10.6 Å². The minimum Gasteiger partial charge on any atom is -0.381 e. The van der Waals surface area contributed by atoms with Gasteiger partial charge in [0.25, 0.3) is 0 Å². The number of nitrogens with one attached hydrogen (secondary N) is 2. The van der Waals surface area contributed by atoms with E-state index in [9.17, 15) is 4.79 Å². The maximum Gasteiger partial charge on any atom is 0.222 e. The molecule has 0 aromatic carbocycles. The molecule has 1 saturated carbocycles. The molecule has 1 fully saturated rings. The minimum atomic E-state index is 0.0797. The van der Waals surface area contributed by atoms with E-state index in [2.05, 4.69) is 10.6 Å². The van der Waals surface area contributed by atoms with Gasteiger partial charge in [0.2, 0.25) is 5.91 Å². The molecule has 0 aliphatic heterocycles. The molecule has 1 aliphatic rings. The number of rotatable bonds is 8. The smallest absolute Gasteiger partial charge is 0.222 e. The predicted molar refractivity (Wildman–Crippen MR) is 55.1 cm³/mol. The van der Waals surface area contributed by atoms with Crippen molar-refractivity contribution in [1.29, 1.82) is 0 Å². The fraction of sp³-hybridized carbons (Fsp3) is 0.900. The maximum absolute atomic E-state index is 11.2. The normalized spacial score (nSPS) is 15.5. The first-order valence-corrected chi connectivity index (χ1v) is 5.32. The van der Waals surface area contributed by atoms with E-state index in [-0.39, 0.29) is 5.91 Å². The SMILES string of the molecule is CNCCNC(=O)CCOCC1CC1. The van der Waals surface area contributed by atoms with Crippen molar-refractivity contribution in [3.8, 4) is 0 Å². The first kappa shape index (κ1) is 11.5. The molecule has 1 amide bonds. The third kappa shape index (κ3) is 5.94. The van der Waals surface area contributed by atoms with Crippen molar-refractivity contribution in [3.63, 3.8) is 0 Å². The van der Waals surface area contributed by atoms with Crippen LogP contribution in [0.4, 0.5) is 0 Å². The first-order chi connectivity index (χ1) is 6.83. The Morgan fingerprint density at radius 2 is 2.21 bits per heavy atom. The zero-order valence-electron chi connectivity index (χ0n) is 8.84. The van der Waals surface area contributed by atoms with Gasteiger partial charge >= 0.3 is 0 Å². The van der Waals surface area contributed by atoms with Gasteiger partial charge in [0, 0.05) is 26.1 Å². The van der Waals surface area contributed by atoms with Crippen LogP contribution in [0, 0.1) is 5.92 Å². The van der Waals surface area contributed by atoms with Crippen LogP contribution in [0.15, 0.2) is 0 Å². The van der Waals surface area contributed by atoms with Crippen LogP contribution >= 0.6 is 0 Å². The summed E-state index contributed by atoms with van der Waals surface area (Å²) in [6.07, 6.45) is 3.08. The zero-order valence-corrected chi connectivity index (χ0v) is 8.84. The predicted octanol–water partition coefficient (Wildman–Crippen LogP) is 0.139. The second kappa shape index (κ2) is 6.79. The van der Waals surface area contributed by atoms with Crippen molar-refractivity contribution in [2.24, 2.45) is 5.92 Å². The topological polar surface area (TPSA) is 50.4 Å². The van der Waals surface area contributed by atoms with E-state index >= 15 is 0 Å². The Kier molecular flexibility index (Phi) is 5.56. The van der Waals surface area contributed by atoms with Crippen LogP contribution < -0.4 is 10.6 Å². The number of amides is 1. The third-order valence-corrected chi connectivity index (χ3v) is 2.22. The second-order valence-electron chi connectivity index (χ2n) is 3.72. The molecule has 0 saturated heterocycles. The van der Waals surface area contributed by atoms with E-state index in [0.29, 0.717) is 19.6 Å².